The number of rotatable bonds is 5. The minimum absolute atomic E-state index is 0.464. The van der Waals surface area contributed by atoms with E-state index in [2.05, 4.69) is 40.3 Å². The molecule has 1 atom stereocenters. The van der Waals surface area contributed by atoms with Crippen molar-refractivity contribution in [2.75, 3.05) is 25.0 Å². The Morgan fingerprint density at radius 2 is 2.30 bits per heavy atom. The van der Waals surface area contributed by atoms with Crippen molar-refractivity contribution in [1.29, 1.82) is 0 Å². The Bertz CT molecular complexity index is 579. The average molecular weight is 287 g/mol. The molecule has 20 heavy (non-hydrogen) atoms. The third kappa shape index (κ3) is 2.58. The minimum atomic E-state index is 0.464. The molecular weight excluding hydrogens is 266 g/mol. The molecule has 3 heterocycles. The molecule has 0 saturated carbocycles. The standard InChI is InChI=1S/C16H21N3S/c1-12-5-6-16(20-12)15(7-10-17-2)19-11-8-13-14(19)4-3-9-18-13/h3-6,9,15,17H,7-8,10-11H2,1-2H3/t15-/m0/s1. The summed E-state index contributed by atoms with van der Waals surface area (Å²) in [7, 11) is 2.02. The number of nitrogens with zero attached hydrogens (tertiary/aromatic N) is 2. The van der Waals surface area contributed by atoms with Gasteiger partial charge < -0.3 is 10.2 Å². The van der Waals surface area contributed by atoms with E-state index in [0.717, 1.165) is 25.9 Å². The second kappa shape index (κ2) is 5.94. The van der Waals surface area contributed by atoms with Gasteiger partial charge in [-0.05, 0) is 51.2 Å². The Kier molecular flexibility index (Phi) is 4.03. The van der Waals surface area contributed by atoms with Crippen LogP contribution in [0, 0.1) is 6.92 Å². The number of anilines is 1. The van der Waals surface area contributed by atoms with Crippen LogP contribution >= 0.6 is 11.3 Å². The fourth-order valence-electron chi connectivity index (χ4n) is 2.92. The third-order valence-electron chi connectivity index (χ3n) is 3.90. The van der Waals surface area contributed by atoms with Crippen LogP contribution in [0.3, 0.4) is 0 Å². The maximum absolute atomic E-state index is 4.52. The quantitative estimate of drug-likeness (QED) is 0.915. The van der Waals surface area contributed by atoms with Gasteiger partial charge in [-0.15, -0.1) is 11.3 Å². The number of thiophene rings is 1. The van der Waals surface area contributed by atoms with Crippen LogP contribution in [-0.2, 0) is 6.42 Å². The van der Waals surface area contributed by atoms with E-state index in [0.29, 0.717) is 6.04 Å². The molecular formula is C16H21N3S. The van der Waals surface area contributed by atoms with Crippen LogP contribution in [-0.4, -0.2) is 25.1 Å². The number of aromatic nitrogens is 1. The van der Waals surface area contributed by atoms with Crippen LogP contribution in [0.2, 0.25) is 0 Å². The van der Waals surface area contributed by atoms with Gasteiger partial charge in [-0.1, -0.05) is 0 Å². The summed E-state index contributed by atoms with van der Waals surface area (Å²) in [4.78, 5) is 9.91. The van der Waals surface area contributed by atoms with Gasteiger partial charge in [-0.3, -0.25) is 4.98 Å². The predicted octanol–water partition coefficient (Wildman–Crippen LogP) is 3.16. The van der Waals surface area contributed by atoms with Gasteiger partial charge >= 0.3 is 0 Å². The van der Waals surface area contributed by atoms with Crippen LogP contribution in [0.15, 0.2) is 30.5 Å². The molecule has 0 fully saturated rings. The highest BCUT2D eigenvalue weighted by molar-refractivity contribution is 7.12. The molecule has 0 saturated heterocycles. The normalized spacial score (nSPS) is 15.4. The van der Waals surface area contributed by atoms with Crippen molar-refractivity contribution in [1.82, 2.24) is 10.3 Å². The Labute approximate surface area is 124 Å². The fraction of sp³-hybridized carbons (Fsp3) is 0.438. The highest BCUT2D eigenvalue weighted by atomic mass is 32.1. The molecule has 106 valence electrons. The lowest BCUT2D eigenvalue weighted by atomic mass is 10.1. The Balaban J connectivity index is 1.90. The van der Waals surface area contributed by atoms with Gasteiger partial charge in [-0.25, -0.2) is 0 Å². The number of hydrogen-bond acceptors (Lipinski definition) is 4. The molecule has 0 spiro atoms. The van der Waals surface area contributed by atoms with Gasteiger partial charge in [0.15, 0.2) is 0 Å². The summed E-state index contributed by atoms with van der Waals surface area (Å²) < 4.78 is 0. The van der Waals surface area contributed by atoms with Crippen LogP contribution in [0.25, 0.3) is 0 Å². The first-order chi connectivity index (χ1) is 9.79. The molecule has 0 aromatic carbocycles. The number of hydrogen-bond donors (Lipinski definition) is 1. The first kappa shape index (κ1) is 13.6. The molecule has 3 rings (SSSR count). The van der Waals surface area contributed by atoms with Crippen molar-refractivity contribution in [3.63, 3.8) is 0 Å². The van der Waals surface area contributed by atoms with Crippen molar-refractivity contribution in [2.45, 2.75) is 25.8 Å². The maximum atomic E-state index is 4.52. The number of nitrogens with one attached hydrogen (secondary N) is 1. The third-order valence-corrected chi connectivity index (χ3v) is 5.00. The zero-order chi connectivity index (χ0) is 13.9. The lowest BCUT2D eigenvalue weighted by molar-refractivity contribution is 0.576. The first-order valence-corrected chi connectivity index (χ1v) is 8.02. The second-order valence-corrected chi connectivity index (χ2v) is 6.59. The maximum Gasteiger partial charge on any atom is 0.0654 e. The van der Waals surface area contributed by atoms with Gasteiger partial charge in [0.1, 0.15) is 0 Å². The molecule has 2 aromatic rings. The van der Waals surface area contributed by atoms with Crippen molar-refractivity contribution in [3.05, 3.63) is 45.9 Å². The Hall–Kier alpha value is -1.39. The minimum Gasteiger partial charge on any atom is -0.362 e. The largest absolute Gasteiger partial charge is 0.362 e. The number of aryl methyl sites for hydroxylation is 1. The monoisotopic (exact) mass is 287 g/mol. The van der Waals surface area contributed by atoms with Gasteiger partial charge in [0.2, 0.25) is 0 Å². The van der Waals surface area contributed by atoms with Crippen LogP contribution in [0.1, 0.15) is 27.9 Å². The molecule has 3 nitrogen and oxygen atoms in total. The van der Waals surface area contributed by atoms with Crippen molar-refractivity contribution in [3.8, 4) is 0 Å². The number of fused-ring (bicyclic) bond motifs is 1. The molecule has 2 aromatic heterocycles. The van der Waals surface area contributed by atoms with E-state index >= 15 is 0 Å². The zero-order valence-electron chi connectivity index (χ0n) is 12.1. The molecule has 1 N–H and O–H groups in total. The lowest BCUT2D eigenvalue weighted by Gasteiger charge is -2.29. The van der Waals surface area contributed by atoms with E-state index < -0.39 is 0 Å². The van der Waals surface area contributed by atoms with E-state index in [4.69, 9.17) is 0 Å². The van der Waals surface area contributed by atoms with E-state index in [1.807, 2.05) is 30.6 Å². The van der Waals surface area contributed by atoms with E-state index in [9.17, 15) is 0 Å². The summed E-state index contributed by atoms with van der Waals surface area (Å²) in [5, 5.41) is 3.28. The molecule has 0 amide bonds. The summed E-state index contributed by atoms with van der Waals surface area (Å²) in [6.07, 6.45) is 4.10. The Morgan fingerprint density at radius 3 is 3.05 bits per heavy atom. The summed E-state index contributed by atoms with van der Waals surface area (Å²) in [6.45, 7) is 4.30. The van der Waals surface area contributed by atoms with Crippen molar-refractivity contribution in [2.24, 2.45) is 0 Å². The smallest absolute Gasteiger partial charge is 0.0654 e. The lowest BCUT2D eigenvalue weighted by Crippen LogP contribution is -2.28. The summed E-state index contributed by atoms with van der Waals surface area (Å²) in [5.74, 6) is 0. The molecule has 4 heteroatoms. The molecule has 0 radical (unpaired) electrons. The van der Waals surface area contributed by atoms with E-state index in [-0.39, 0.29) is 0 Å². The highest BCUT2D eigenvalue weighted by Crippen LogP contribution is 2.37. The molecule has 0 bridgehead atoms. The summed E-state index contributed by atoms with van der Waals surface area (Å²) >= 11 is 1.92. The Morgan fingerprint density at radius 1 is 1.40 bits per heavy atom. The zero-order valence-corrected chi connectivity index (χ0v) is 12.9. The highest BCUT2D eigenvalue weighted by Gasteiger charge is 2.28. The fourth-order valence-corrected chi connectivity index (χ4v) is 3.94. The van der Waals surface area contributed by atoms with Gasteiger partial charge in [0.05, 0.1) is 17.4 Å². The van der Waals surface area contributed by atoms with Crippen LogP contribution in [0.5, 0.6) is 0 Å². The van der Waals surface area contributed by atoms with Crippen molar-refractivity contribution < 1.29 is 0 Å². The molecule has 0 aliphatic carbocycles. The predicted molar refractivity (Wildman–Crippen MR) is 85.6 cm³/mol. The average Bonchev–Trinajstić information content (AvgIpc) is 3.07. The van der Waals surface area contributed by atoms with E-state index in [1.165, 1.54) is 21.1 Å². The van der Waals surface area contributed by atoms with Gasteiger partial charge in [-0.2, -0.15) is 0 Å². The topological polar surface area (TPSA) is 28.2 Å². The van der Waals surface area contributed by atoms with E-state index in [1.54, 1.807) is 0 Å². The second-order valence-electron chi connectivity index (χ2n) is 5.27. The van der Waals surface area contributed by atoms with Gasteiger partial charge in [0.25, 0.3) is 0 Å². The number of pyridine rings is 1. The van der Waals surface area contributed by atoms with Crippen molar-refractivity contribution >= 4 is 17.0 Å². The van der Waals surface area contributed by atoms with Gasteiger partial charge in [0, 0.05) is 28.9 Å². The molecule has 1 aliphatic rings. The summed E-state index contributed by atoms with van der Waals surface area (Å²) in [6, 6.07) is 9.24. The molecule has 1 aliphatic heterocycles. The molecule has 0 unspecified atom stereocenters. The van der Waals surface area contributed by atoms with Crippen LogP contribution < -0.4 is 10.2 Å². The first-order valence-electron chi connectivity index (χ1n) is 7.21. The van der Waals surface area contributed by atoms with Crippen LogP contribution in [0.4, 0.5) is 5.69 Å². The SMILES string of the molecule is CNCC[C@@H](c1ccc(C)s1)N1CCc2ncccc21. The summed E-state index contributed by atoms with van der Waals surface area (Å²) in [5.41, 5.74) is 2.56.